The summed E-state index contributed by atoms with van der Waals surface area (Å²) in [5, 5.41) is 3.60. The molecule has 4 heteroatoms. The molecule has 1 aliphatic heterocycles. The molecule has 0 aromatic carbocycles. The Bertz CT molecular complexity index is 308. The zero-order valence-corrected chi connectivity index (χ0v) is 13.8. The van der Waals surface area contributed by atoms with Crippen LogP contribution in [0.2, 0.25) is 0 Å². The largest absolute Gasteiger partial charge is 0.378 e. The van der Waals surface area contributed by atoms with E-state index in [0.717, 1.165) is 45.3 Å². The maximum Gasteiger partial charge on any atom is 0.222 e. The summed E-state index contributed by atoms with van der Waals surface area (Å²) in [6, 6.07) is 1.11. The molecule has 1 aliphatic carbocycles. The summed E-state index contributed by atoms with van der Waals surface area (Å²) >= 11 is 0. The van der Waals surface area contributed by atoms with Crippen LogP contribution in [0.25, 0.3) is 0 Å². The van der Waals surface area contributed by atoms with Crippen molar-refractivity contribution in [1.82, 2.24) is 10.2 Å². The van der Waals surface area contributed by atoms with Gasteiger partial charge < -0.3 is 15.0 Å². The maximum absolute atomic E-state index is 12.3. The average Bonchev–Trinajstić information content (AvgIpc) is 3.04. The summed E-state index contributed by atoms with van der Waals surface area (Å²) in [5.74, 6) is 0.301. The predicted octanol–water partition coefficient (Wildman–Crippen LogP) is 2.71. The molecule has 0 aromatic heterocycles. The lowest BCUT2D eigenvalue weighted by molar-refractivity contribution is -0.133. The van der Waals surface area contributed by atoms with Gasteiger partial charge in [0.2, 0.25) is 5.91 Å². The molecule has 2 fully saturated rings. The smallest absolute Gasteiger partial charge is 0.222 e. The number of amides is 1. The fourth-order valence-corrected chi connectivity index (χ4v) is 3.55. The first kappa shape index (κ1) is 16.8. The molecule has 0 bridgehead atoms. The Labute approximate surface area is 129 Å². The van der Waals surface area contributed by atoms with Crippen LogP contribution in [0.4, 0.5) is 0 Å². The van der Waals surface area contributed by atoms with Crippen molar-refractivity contribution in [1.29, 1.82) is 0 Å². The summed E-state index contributed by atoms with van der Waals surface area (Å²) in [7, 11) is 1.99. The highest BCUT2D eigenvalue weighted by Crippen LogP contribution is 2.24. The highest BCUT2D eigenvalue weighted by molar-refractivity contribution is 5.76. The molecule has 2 rings (SSSR count). The number of hydrogen-bond acceptors (Lipinski definition) is 3. The van der Waals surface area contributed by atoms with E-state index in [1.54, 1.807) is 0 Å². The molecular weight excluding hydrogens is 264 g/mol. The second-order valence-corrected chi connectivity index (χ2v) is 6.64. The van der Waals surface area contributed by atoms with E-state index in [9.17, 15) is 4.79 Å². The molecule has 1 amide bonds. The Morgan fingerprint density at radius 3 is 2.62 bits per heavy atom. The van der Waals surface area contributed by atoms with Gasteiger partial charge in [-0.25, -0.2) is 0 Å². The number of carbonyl (C=O) groups excluding carboxylic acids is 1. The lowest BCUT2D eigenvalue weighted by Crippen LogP contribution is -2.43. The molecular formula is C17H32N2O2. The first-order valence-electron chi connectivity index (χ1n) is 8.81. The van der Waals surface area contributed by atoms with Crippen LogP contribution in [0.1, 0.15) is 64.7 Å². The first-order chi connectivity index (χ1) is 10.2. The zero-order valence-electron chi connectivity index (χ0n) is 13.8. The van der Waals surface area contributed by atoms with Crippen molar-refractivity contribution in [2.45, 2.75) is 82.9 Å². The molecule has 1 unspecified atom stereocenters. The van der Waals surface area contributed by atoms with Gasteiger partial charge in [0, 0.05) is 32.2 Å². The van der Waals surface area contributed by atoms with E-state index >= 15 is 0 Å². The van der Waals surface area contributed by atoms with E-state index in [2.05, 4.69) is 12.2 Å². The summed E-state index contributed by atoms with van der Waals surface area (Å²) in [5.41, 5.74) is 0. The van der Waals surface area contributed by atoms with Gasteiger partial charge in [-0.15, -0.1) is 0 Å². The number of rotatable bonds is 7. The number of hydrogen-bond donors (Lipinski definition) is 1. The van der Waals surface area contributed by atoms with Crippen LogP contribution in [-0.2, 0) is 9.53 Å². The minimum Gasteiger partial charge on any atom is -0.378 e. The fraction of sp³-hybridized carbons (Fsp3) is 0.941. The van der Waals surface area contributed by atoms with E-state index in [0.29, 0.717) is 30.5 Å². The predicted molar refractivity (Wildman–Crippen MR) is 85.3 cm³/mol. The van der Waals surface area contributed by atoms with E-state index in [4.69, 9.17) is 4.74 Å². The second-order valence-electron chi connectivity index (χ2n) is 6.64. The molecule has 2 aliphatic rings. The van der Waals surface area contributed by atoms with Gasteiger partial charge >= 0.3 is 0 Å². The summed E-state index contributed by atoms with van der Waals surface area (Å²) < 4.78 is 5.60. The topological polar surface area (TPSA) is 41.6 Å². The van der Waals surface area contributed by atoms with Gasteiger partial charge in [0.25, 0.3) is 0 Å². The summed E-state index contributed by atoms with van der Waals surface area (Å²) in [6.07, 6.45) is 10.0. The third-order valence-corrected chi connectivity index (χ3v) is 5.03. The van der Waals surface area contributed by atoms with Crippen LogP contribution in [0.3, 0.4) is 0 Å². The molecule has 1 N–H and O–H groups in total. The maximum atomic E-state index is 12.3. The Kier molecular flexibility index (Phi) is 6.97. The van der Waals surface area contributed by atoms with Gasteiger partial charge in [0.05, 0.1) is 6.10 Å². The normalized spacial score (nSPS) is 29.5. The van der Waals surface area contributed by atoms with E-state index in [1.807, 2.05) is 11.9 Å². The van der Waals surface area contributed by atoms with Crippen molar-refractivity contribution in [3.63, 3.8) is 0 Å². The monoisotopic (exact) mass is 296 g/mol. The second kappa shape index (κ2) is 8.74. The molecule has 1 atom stereocenters. The zero-order chi connectivity index (χ0) is 15.1. The minimum absolute atomic E-state index is 0.301. The molecule has 122 valence electrons. The standard InChI is InChI=1S/C17H32N2O2/c1-3-12-18-14-6-8-15(9-7-14)19(2)17(20)11-10-16-5-4-13-21-16/h14-16,18H,3-13H2,1-2H3. The Balaban J connectivity index is 1.65. The summed E-state index contributed by atoms with van der Waals surface area (Å²) in [6.45, 7) is 4.20. The molecule has 1 saturated heterocycles. The van der Waals surface area contributed by atoms with Crippen molar-refractivity contribution < 1.29 is 9.53 Å². The van der Waals surface area contributed by atoms with Crippen LogP contribution in [0, 0.1) is 0 Å². The van der Waals surface area contributed by atoms with E-state index in [1.165, 1.54) is 19.3 Å². The third kappa shape index (κ3) is 5.26. The number of nitrogens with zero attached hydrogens (tertiary/aromatic N) is 1. The minimum atomic E-state index is 0.301. The van der Waals surface area contributed by atoms with Crippen LogP contribution in [-0.4, -0.2) is 49.2 Å². The third-order valence-electron chi connectivity index (χ3n) is 5.03. The molecule has 4 nitrogen and oxygen atoms in total. The highest BCUT2D eigenvalue weighted by Gasteiger charge is 2.26. The average molecular weight is 296 g/mol. The Morgan fingerprint density at radius 1 is 1.24 bits per heavy atom. The van der Waals surface area contributed by atoms with Gasteiger partial charge in [-0.3, -0.25) is 4.79 Å². The van der Waals surface area contributed by atoms with E-state index < -0.39 is 0 Å². The quantitative estimate of drug-likeness (QED) is 0.785. The SMILES string of the molecule is CCCNC1CCC(N(C)C(=O)CCC2CCCO2)CC1. The highest BCUT2D eigenvalue weighted by atomic mass is 16.5. The molecule has 21 heavy (non-hydrogen) atoms. The van der Waals surface area contributed by atoms with Gasteiger partial charge in [0.1, 0.15) is 0 Å². The van der Waals surface area contributed by atoms with Gasteiger partial charge in [0.15, 0.2) is 0 Å². The molecule has 0 radical (unpaired) electrons. The summed E-state index contributed by atoms with van der Waals surface area (Å²) in [4.78, 5) is 14.3. The van der Waals surface area contributed by atoms with Crippen LogP contribution in [0.15, 0.2) is 0 Å². The van der Waals surface area contributed by atoms with Crippen molar-refractivity contribution in [2.75, 3.05) is 20.2 Å². The van der Waals surface area contributed by atoms with Gasteiger partial charge in [-0.05, 0) is 57.9 Å². The number of carbonyl (C=O) groups is 1. The van der Waals surface area contributed by atoms with Crippen LogP contribution in [0.5, 0.6) is 0 Å². The van der Waals surface area contributed by atoms with Crippen LogP contribution >= 0.6 is 0 Å². The van der Waals surface area contributed by atoms with Crippen molar-refractivity contribution in [3.8, 4) is 0 Å². The van der Waals surface area contributed by atoms with E-state index in [-0.39, 0.29) is 0 Å². The molecule has 0 aromatic rings. The molecule has 1 heterocycles. The van der Waals surface area contributed by atoms with Crippen molar-refractivity contribution >= 4 is 5.91 Å². The van der Waals surface area contributed by atoms with Crippen molar-refractivity contribution in [2.24, 2.45) is 0 Å². The van der Waals surface area contributed by atoms with Gasteiger partial charge in [-0.1, -0.05) is 6.92 Å². The molecule has 1 saturated carbocycles. The Hall–Kier alpha value is -0.610. The first-order valence-corrected chi connectivity index (χ1v) is 8.81. The van der Waals surface area contributed by atoms with Crippen LogP contribution < -0.4 is 5.32 Å². The lowest BCUT2D eigenvalue weighted by Gasteiger charge is -2.35. The number of nitrogens with one attached hydrogen (secondary N) is 1. The fourth-order valence-electron chi connectivity index (χ4n) is 3.55. The van der Waals surface area contributed by atoms with Crippen molar-refractivity contribution in [3.05, 3.63) is 0 Å². The molecule has 0 spiro atoms. The lowest BCUT2D eigenvalue weighted by atomic mass is 9.90. The van der Waals surface area contributed by atoms with Gasteiger partial charge in [-0.2, -0.15) is 0 Å². The number of ether oxygens (including phenoxy) is 1. The Morgan fingerprint density at radius 2 is 2.00 bits per heavy atom.